The van der Waals surface area contributed by atoms with Gasteiger partial charge in [0.05, 0.1) is 26.2 Å². The molecule has 1 atom stereocenters. The largest absolute Gasteiger partial charge is 0.360 e. The van der Waals surface area contributed by atoms with Crippen LogP contribution in [0.5, 0.6) is 0 Å². The Bertz CT molecular complexity index is 704. The molecule has 0 bridgehead atoms. The average molecular weight is 353 g/mol. The highest BCUT2D eigenvalue weighted by molar-refractivity contribution is 5.93. The van der Waals surface area contributed by atoms with Gasteiger partial charge in [0.1, 0.15) is 0 Å². The van der Waals surface area contributed by atoms with Crippen molar-refractivity contribution in [1.29, 1.82) is 0 Å². The number of quaternary nitrogens is 1. The molecule has 2 N–H and O–H groups in total. The summed E-state index contributed by atoms with van der Waals surface area (Å²) in [6.07, 6.45) is 0. The maximum absolute atomic E-state index is 12.6. The lowest BCUT2D eigenvalue weighted by Crippen LogP contribution is -3.19. The summed E-state index contributed by atoms with van der Waals surface area (Å²) in [7, 11) is 0. The van der Waals surface area contributed by atoms with Gasteiger partial charge < -0.3 is 15.1 Å². The number of hydrogen-bond acceptors (Lipinski definition) is 2. The summed E-state index contributed by atoms with van der Waals surface area (Å²) in [5.74, 6) is 0.606. The number of nitrogens with one attached hydrogen (secondary N) is 2. The Morgan fingerprint density at radius 1 is 0.962 bits per heavy atom. The number of benzene rings is 2. The van der Waals surface area contributed by atoms with Gasteiger partial charge in [0.15, 0.2) is 6.04 Å². The molecule has 1 aliphatic rings. The molecule has 0 saturated carbocycles. The van der Waals surface area contributed by atoms with E-state index in [2.05, 4.69) is 60.5 Å². The molecule has 3 rings (SSSR count). The number of amides is 1. The van der Waals surface area contributed by atoms with Crippen LogP contribution in [0.3, 0.4) is 0 Å². The molecule has 26 heavy (non-hydrogen) atoms. The zero-order valence-corrected chi connectivity index (χ0v) is 16.0. The van der Waals surface area contributed by atoms with Gasteiger partial charge in [-0.15, -0.1) is 0 Å². The molecular weight excluding hydrogens is 322 g/mol. The first-order valence-electron chi connectivity index (χ1n) is 9.60. The van der Waals surface area contributed by atoms with Crippen molar-refractivity contribution in [1.82, 2.24) is 0 Å². The van der Waals surface area contributed by atoms with E-state index in [1.165, 1.54) is 16.2 Å². The van der Waals surface area contributed by atoms with Crippen LogP contribution >= 0.6 is 0 Å². The van der Waals surface area contributed by atoms with Crippen LogP contribution in [-0.4, -0.2) is 38.1 Å². The van der Waals surface area contributed by atoms with E-state index >= 15 is 0 Å². The fourth-order valence-electron chi connectivity index (χ4n) is 3.51. The number of rotatable bonds is 5. The van der Waals surface area contributed by atoms with Crippen molar-refractivity contribution in [3.63, 3.8) is 0 Å². The fourth-order valence-corrected chi connectivity index (χ4v) is 3.51. The molecule has 0 radical (unpaired) electrons. The normalized spacial score (nSPS) is 16.5. The predicted molar refractivity (Wildman–Crippen MR) is 108 cm³/mol. The van der Waals surface area contributed by atoms with Crippen molar-refractivity contribution in [2.75, 3.05) is 36.4 Å². The highest BCUT2D eigenvalue weighted by Gasteiger charge is 2.29. The van der Waals surface area contributed by atoms with Crippen LogP contribution in [0.25, 0.3) is 0 Å². The van der Waals surface area contributed by atoms with E-state index in [0.717, 1.165) is 31.9 Å². The van der Waals surface area contributed by atoms with Gasteiger partial charge in [0.25, 0.3) is 5.91 Å². The van der Waals surface area contributed by atoms with Crippen molar-refractivity contribution < 1.29 is 9.69 Å². The first-order chi connectivity index (χ1) is 12.5. The lowest BCUT2D eigenvalue weighted by molar-refractivity contribution is -0.914. The van der Waals surface area contributed by atoms with Crippen molar-refractivity contribution in [2.24, 2.45) is 0 Å². The number of nitrogens with zero attached hydrogens (tertiary/aromatic N) is 1. The minimum Gasteiger partial charge on any atom is -0.360 e. The monoisotopic (exact) mass is 352 g/mol. The van der Waals surface area contributed by atoms with Gasteiger partial charge in [0, 0.05) is 11.4 Å². The Morgan fingerprint density at radius 2 is 1.58 bits per heavy atom. The average Bonchev–Trinajstić information content (AvgIpc) is 2.68. The van der Waals surface area contributed by atoms with Crippen molar-refractivity contribution in [3.8, 4) is 0 Å². The van der Waals surface area contributed by atoms with Gasteiger partial charge in [-0.05, 0) is 42.7 Å². The van der Waals surface area contributed by atoms with Crippen molar-refractivity contribution >= 4 is 17.3 Å². The van der Waals surface area contributed by atoms with Crippen LogP contribution in [0.1, 0.15) is 32.3 Å². The van der Waals surface area contributed by atoms with Gasteiger partial charge in [-0.3, -0.25) is 4.79 Å². The molecule has 2 aromatic rings. The second kappa shape index (κ2) is 8.37. The lowest BCUT2D eigenvalue weighted by Gasteiger charge is -2.36. The Kier molecular flexibility index (Phi) is 5.94. The summed E-state index contributed by atoms with van der Waals surface area (Å²) < 4.78 is 0. The van der Waals surface area contributed by atoms with Gasteiger partial charge >= 0.3 is 0 Å². The quantitative estimate of drug-likeness (QED) is 0.868. The van der Waals surface area contributed by atoms with E-state index in [-0.39, 0.29) is 11.9 Å². The van der Waals surface area contributed by atoms with E-state index in [4.69, 9.17) is 0 Å². The summed E-state index contributed by atoms with van der Waals surface area (Å²) >= 11 is 0. The standard InChI is InChI=1S/C22H29N3O/c1-17(2)19-9-11-20(12-10-19)23-22(26)18(3)24-13-15-25(16-14-24)21-7-5-4-6-8-21/h4-12,17-18H,13-16H2,1-3H3,(H,23,26)/p+1/t18-/m0/s1. The van der Waals surface area contributed by atoms with Crippen molar-refractivity contribution in [3.05, 3.63) is 60.2 Å². The van der Waals surface area contributed by atoms with Gasteiger partial charge in [-0.2, -0.15) is 0 Å². The molecule has 1 heterocycles. The van der Waals surface area contributed by atoms with Crippen LogP contribution in [0.2, 0.25) is 0 Å². The minimum atomic E-state index is -0.0438. The van der Waals surface area contributed by atoms with Crippen LogP contribution in [0.15, 0.2) is 54.6 Å². The smallest absolute Gasteiger partial charge is 0.282 e. The topological polar surface area (TPSA) is 36.8 Å². The molecule has 1 amide bonds. The summed E-state index contributed by atoms with van der Waals surface area (Å²) in [5.41, 5.74) is 3.45. The minimum absolute atomic E-state index is 0.0438. The molecule has 1 aliphatic heterocycles. The zero-order valence-electron chi connectivity index (χ0n) is 16.0. The summed E-state index contributed by atoms with van der Waals surface area (Å²) in [5, 5.41) is 3.07. The Hall–Kier alpha value is -2.33. The van der Waals surface area contributed by atoms with E-state index < -0.39 is 0 Å². The fraction of sp³-hybridized carbons (Fsp3) is 0.409. The molecule has 0 unspecified atom stereocenters. The van der Waals surface area contributed by atoms with Crippen LogP contribution < -0.4 is 15.1 Å². The SMILES string of the molecule is CC(C)c1ccc(NC(=O)[C@H](C)[NH+]2CCN(c3ccccc3)CC2)cc1. The van der Waals surface area contributed by atoms with Gasteiger partial charge in [-0.25, -0.2) is 0 Å². The van der Waals surface area contributed by atoms with E-state index in [9.17, 15) is 4.79 Å². The molecular formula is C22H30N3O+. The molecule has 0 aliphatic carbocycles. The van der Waals surface area contributed by atoms with Crippen LogP contribution in [0, 0.1) is 0 Å². The van der Waals surface area contributed by atoms with Crippen molar-refractivity contribution in [2.45, 2.75) is 32.7 Å². The third kappa shape index (κ3) is 4.44. The molecule has 138 valence electrons. The summed E-state index contributed by atoms with van der Waals surface area (Å²) in [6, 6.07) is 18.7. The number of para-hydroxylation sites is 1. The first-order valence-corrected chi connectivity index (χ1v) is 9.60. The second-order valence-electron chi connectivity index (χ2n) is 7.47. The Labute approximate surface area is 156 Å². The zero-order chi connectivity index (χ0) is 18.5. The molecule has 0 spiro atoms. The Morgan fingerprint density at radius 3 is 2.15 bits per heavy atom. The van der Waals surface area contributed by atoms with Gasteiger partial charge in [0.2, 0.25) is 0 Å². The molecule has 2 aromatic carbocycles. The summed E-state index contributed by atoms with van der Waals surface area (Å²) in [6.45, 7) is 10.3. The number of piperazine rings is 1. The molecule has 1 fully saturated rings. The third-order valence-electron chi connectivity index (χ3n) is 5.38. The highest BCUT2D eigenvalue weighted by Crippen LogP contribution is 2.17. The maximum atomic E-state index is 12.6. The Balaban J connectivity index is 1.53. The highest BCUT2D eigenvalue weighted by atomic mass is 16.2. The van der Waals surface area contributed by atoms with Crippen LogP contribution in [0.4, 0.5) is 11.4 Å². The molecule has 4 heteroatoms. The maximum Gasteiger partial charge on any atom is 0.282 e. The number of carbonyl (C=O) groups excluding carboxylic acids is 1. The molecule has 1 saturated heterocycles. The molecule has 0 aromatic heterocycles. The summed E-state index contributed by atoms with van der Waals surface area (Å²) in [4.78, 5) is 16.4. The second-order valence-corrected chi connectivity index (χ2v) is 7.47. The number of anilines is 2. The van der Waals surface area contributed by atoms with E-state index in [1.807, 2.05) is 25.1 Å². The first kappa shape index (κ1) is 18.5. The van der Waals surface area contributed by atoms with E-state index in [1.54, 1.807) is 0 Å². The number of carbonyl (C=O) groups is 1. The van der Waals surface area contributed by atoms with E-state index in [0.29, 0.717) is 5.92 Å². The van der Waals surface area contributed by atoms with Gasteiger partial charge in [-0.1, -0.05) is 44.2 Å². The lowest BCUT2D eigenvalue weighted by atomic mass is 10.0. The molecule has 4 nitrogen and oxygen atoms in total. The predicted octanol–water partition coefficient (Wildman–Crippen LogP) is 2.54. The third-order valence-corrected chi connectivity index (χ3v) is 5.38. The number of hydrogen-bond donors (Lipinski definition) is 2. The van der Waals surface area contributed by atoms with Crippen LogP contribution in [-0.2, 0) is 4.79 Å².